The summed E-state index contributed by atoms with van der Waals surface area (Å²) in [6.45, 7) is 0.750. The third kappa shape index (κ3) is 5.03. The van der Waals surface area contributed by atoms with E-state index < -0.39 is 15.9 Å². The Labute approximate surface area is 203 Å². The van der Waals surface area contributed by atoms with Crippen LogP contribution in [0.15, 0.2) is 118 Å². The number of amidine groups is 2. The van der Waals surface area contributed by atoms with Crippen LogP contribution in [0.3, 0.4) is 0 Å². The van der Waals surface area contributed by atoms with E-state index in [-0.39, 0.29) is 17.0 Å². The van der Waals surface area contributed by atoms with Crippen LogP contribution in [0.4, 0.5) is 0 Å². The maximum Gasteiger partial charge on any atom is 0.279 e. The molecule has 0 aliphatic carbocycles. The number of aliphatic imine (C=N–C) groups is 2. The average molecular weight is 483 g/mol. The summed E-state index contributed by atoms with van der Waals surface area (Å²) in [4.78, 5) is 24.1. The molecule has 2 heterocycles. The number of benzene rings is 3. The molecule has 0 aromatic heterocycles. The first kappa shape index (κ1) is 22.6. The summed E-state index contributed by atoms with van der Waals surface area (Å²) in [6.07, 6.45) is 7.59. The second kappa shape index (κ2) is 9.61. The highest BCUT2D eigenvalue weighted by Gasteiger charge is 2.21. The van der Waals surface area contributed by atoms with Crippen LogP contribution in [0.25, 0.3) is 0 Å². The predicted molar refractivity (Wildman–Crippen MR) is 135 cm³/mol. The summed E-state index contributed by atoms with van der Waals surface area (Å²) in [5.41, 5.74) is 2.75. The van der Waals surface area contributed by atoms with E-state index in [0.717, 1.165) is 16.7 Å². The van der Waals surface area contributed by atoms with Crippen LogP contribution in [0.5, 0.6) is 0 Å². The molecule has 0 saturated carbocycles. The number of rotatable bonds is 5. The second-order valence-electron chi connectivity index (χ2n) is 8.03. The highest BCUT2D eigenvalue weighted by atomic mass is 32.2. The van der Waals surface area contributed by atoms with Gasteiger partial charge in [0.2, 0.25) is 10.0 Å². The second-order valence-corrected chi connectivity index (χ2v) is 9.80. The summed E-state index contributed by atoms with van der Waals surface area (Å²) in [6, 6.07) is 22.8. The van der Waals surface area contributed by atoms with Gasteiger partial charge in [-0.05, 0) is 41.5 Å². The Morgan fingerprint density at radius 2 is 1.77 bits per heavy atom. The summed E-state index contributed by atoms with van der Waals surface area (Å²) >= 11 is 0. The van der Waals surface area contributed by atoms with Crippen LogP contribution in [0, 0.1) is 0 Å². The van der Waals surface area contributed by atoms with Gasteiger partial charge in [0, 0.05) is 30.4 Å². The van der Waals surface area contributed by atoms with Crippen molar-refractivity contribution in [1.29, 1.82) is 0 Å². The van der Waals surface area contributed by atoms with E-state index in [4.69, 9.17) is 0 Å². The first-order valence-corrected chi connectivity index (χ1v) is 12.5. The number of hydrogen-bond donors (Lipinski definition) is 1. The van der Waals surface area contributed by atoms with Gasteiger partial charge in [-0.1, -0.05) is 66.7 Å². The Bertz CT molecular complexity index is 1510. The highest BCUT2D eigenvalue weighted by Crippen LogP contribution is 2.21. The van der Waals surface area contributed by atoms with E-state index in [9.17, 15) is 13.2 Å². The zero-order chi connectivity index (χ0) is 24.3. The zero-order valence-electron chi connectivity index (χ0n) is 18.7. The molecule has 0 saturated heterocycles. The molecule has 3 aromatic carbocycles. The van der Waals surface area contributed by atoms with E-state index in [1.165, 1.54) is 18.2 Å². The third-order valence-electron chi connectivity index (χ3n) is 5.64. The number of carbonyl (C=O) groups excluding carboxylic acids is 1. The number of hydrogen-bond acceptors (Lipinski definition) is 4. The lowest BCUT2D eigenvalue weighted by Crippen LogP contribution is -2.24. The maximum atomic E-state index is 13.1. The number of allylic oxidation sites excluding steroid dienone is 2. The van der Waals surface area contributed by atoms with Gasteiger partial charge in [-0.25, -0.2) is 18.1 Å². The van der Waals surface area contributed by atoms with Crippen molar-refractivity contribution >= 4 is 27.6 Å². The molecular weight excluding hydrogens is 460 g/mol. The van der Waals surface area contributed by atoms with E-state index in [1.54, 1.807) is 6.07 Å². The average Bonchev–Trinajstić information content (AvgIpc) is 3.04. The number of nitrogens with zero attached hydrogens (tertiary/aromatic N) is 3. The summed E-state index contributed by atoms with van der Waals surface area (Å²) in [5.74, 6) is 0.401. The maximum absolute atomic E-state index is 13.1. The number of nitrogens with one attached hydrogen (secondary N) is 1. The van der Waals surface area contributed by atoms with Gasteiger partial charge in [0.25, 0.3) is 5.91 Å². The van der Waals surface area contributed by atoms with Crippen molar-refractivity contribution in [1.82, 2.24) is 9.62 Å². The zero-order valence-corrected chi connectivity index (χ0v) is 19.5. The van der Waals surface area contributed by atoms with Gasteiger partial charge in [-0.15, -0.1) is 0 Å². The minimum Gasteiger partial charge on any atom is -0.329 e. The third-order valence-corrected chi connectivity index (χ3v) is 7.04. The smallest absolute Gasteiger partial charge is 0.279 e. The van der Waals surface area contributed by atoms with Crippen LogP contribution < -0.4 is 4.72 Å². The summed E-state index contributed by atoms with van der Waals surface area (Å²) < 4.78 is 28.2. The molecule has 2 aliphatic rings. The molecule has 35 heavy (non-hydrogen) atoms. The fraction of sp³-hybridized carbons (Fsp3) is 0.0741. The van der Waals surface area contributed by atoms with Gasteiger partial charge in [-0.3, -0.25) is 4.79 Å². The van der Waals surface area contributed by atoms with Gasteiger partial charge in [0.05, 0.1) is 4.90 Å². The van der Waals surface area contributed by atoms with Crippen LogP contribution in [0.1, 0.15) is 27.0 Å². The van der Waals surface area contributed by atoms with Crippen LogP contribution in [0.2, 0.25) is 0 Å². The topological polar surface area (TPSA) is 91.2 Å². The monoisotopic (exact) mass is 482 g/mol. The minimum atomic E-state index is -3.82. The van der Waals surface area contributed by atoms with Crippen molar-refractivity contribution in [2.75, 3.05) is 0 Å². The molecule has 3 aromatic rings. The van der Waals surface area contributed by atoms with Crippen molar-refractivity contribution in [2.45, 2.75) is 18.0 Å². The first-order chi connectivity index (χ1) is 17.0. The molecule has 0 spiro atoms. The SMILES string of the molecule is O=C(N=C1N=C2C=CC=CN2Cc2ccccc21)c1cccc(S(=O)(=O)NCc2ccccc2)c1. The number of carbonyl (C=O) groups is 1. The first-order valence-electron chi connectivity index (χ1n) is 11.0. The Morgan fingerprint density at radius 3 is 2.63 bits per heavy atom. The molecule has 1 amide bonds. The van der Waals surface area contributed by atoms with Crippen LogP contribution >= 0.6 is 0 Å². The van der Waals surface area contributed by atoms with Crippen LogP contribution in [-0.2, 0) is 23.1 Å². The van der Waals surface area contributed by atoms with Gasteiger partial charge >= 0.3 is 0 Å². The Morgan fingerprint density at radius 1 is 0.971 bits per heavy atom. The van der Waals surface area contributed by atoms with E-state index in [2.05, 4.69) is 14.7 Å². The molecule has 174 valence electrons. The normalized spacial score (nSPS) is 15.8. The fourth-order valence-corrected chi connectivity index (χ4v) is 4.89. The fourth-order valence-electron chi connectivity index (χ4n) is 3.83. The van der Waals surface area contributed by atoms with E-state index >= 15 is 0 Å². The van der Waals surface area contributed by atoms with Crippen molar-refractivity contribution in [2.24, 2.45) is 9.98 Å². The quantitative estimate of drug-likeness (QED) is 0.594. The van der Waals surface area contributed by atoms with Crippen molar-refractivity contribution in [3.8, 4) is 0 Å². The van der Waals surface area contributed by atoms with Gasteiger partial charge in [0.15, 0.2) is 5.84 Å². The number of sulfonamides is 1. The van der Waals surface area contributed by atoms with E-state index in [1.807, 2.05) is 83.9 Å². The highest BCUT2D eigenvalue weighted by molar-refractivity contribution is 7.89. The summed E-state index contributed by atoms with van der Waals surface area (Å²) in [5, 5.41) is 0. The van der Waals surface area contributed by atoms with Crippen molar-refractivity contribution in [3.63, 3.8) is 0 Å². The molecule has 5 rings (SSSR count). The van der Waals surface area contributed by atoms with E-state index in [0.29, 0.717) is 18.2 Å². The Kier molecular flexibility index (Phi) is 6.22. The largest absolute Gasteiger partial charge is 0.329 e. The lowest BCUT2D eigenvalue weighted by Gasteiger charge is -2.20. The molecule has 0 bridgehead atoms. The summed E-state index contributed by atoms with van der Waals surface area (Å²) in [7, 11) is -3.82. The molecule has 2 aliphatic heterocycles. The molecule has 0 unspecified atom stereocenters. The Hall–Kier alpha value is -4.14. The lowest BCUT2D eigenvalue weighted by atomic mass is 10.1. The Balaban J connectivity index is 1.45. The molecule has 7 nitrogen and oxygen atoms in total. The van der Waals surface area contributed by atoms with Crippen molar-refractivity contribution in [3.05, 3.63) is 126 Å². The molecule has 0 fully saturated rings. The van der Waals surface area contributed by atoms with Gasteiger partial charge in [0.1, 0.15) is 5.84 Å². The van der Waals surface area contributed by atoms with Gasteiger partial charge in [-0.2, -0.15) is 4.99 Å². The number of amides is 1. The standard InChI is InChI=1S/C27H22N4O3S/c32-27(21-12-8-13-23(17-21)35(33,34)28-18-20-9-2-1-3-10-20)30-26-24-14-5-4-11-22(24)19-31-16-7-6-15-25(31)29-26/h1-17,28H,18-19H2. The molecule has 0 atom stereocenters. The number of fused-ring (bicyclic) bond motifs is 2. The van der Waals surface area contributed by atoms with Crippen LogP contribution in [-0.4, -0.2) is 30.9 Å². The molecule has 0 radical (unpaired) electrons. The van der Waals surface area contributed by atoms with Gasteiger partial charge < -0.3 is 4.90 Å². The van der Waals surface area contributed by atoms with Crippen molar-refractivity contribution < 1.29 is 13.2 Å². The lowest BCUT2D eigenvalue weighted by molar-refractivity contribution is 0.100. The minimum absolute atomic E-state index is 0.00131. The molecule has 1 N–H and O–H groups in total. The molecule has 8 heteroatoms. The predicted octanol–water partition coefficient (Wildman–Crippen LogP) is 4.05. The molecular formula is C27H22N4O3S.